The van der Waals surface area contributed by atoms with Gasteiger partial charge >= 0.3 is 6.18 Å². The van der Waals surface area contributed by atoms with E-state index < -0.39 is 17.6 Å². The number of rotatable bonds is 7. The van der Waals surface area contributed by atoms with Crippen molar-refractivity contribution in [3.63, 3.8) is 0 Å². The zero-order valence-corrected chi connectivity index (χ0v) is 14.2. The quantitative estimate of drug-likeness (QED) is 0.772. The minimum atomic E-state index is -4.58. The second-order valence-electron chi connectivity index (χ2n) is 5.55. The Labute approximate surface area is 144 Å². The van der Waals surface area contributed by atoms with Crippen molar-refractivity contribution in [1.29, 1.82) is 0 Å². The van der Waals surface area contributed by atoms with Crippen molar-refractivity contribution in [1.82, 2.24) is 9.97 Å². The zero-order chi connectivity index (χ0) is 18.4. The monoisotopic (exact) mass is 355 g/mol. The average molecular weight is 355 g/mol. The molecule has 1 N–H and O–H groups in total. The van der Waals surface area contributed by atoms with Gasteiger partial charge in [0.1, 0.15) is 11.3 Å². The van der Waals surface area contributed by atoms with Gasteiger partial charge in [0.25, 0.3) is 0 Å². The summed E-state index contributed by atoms with van der Waals surface area (Å²) in [6.07, 6.45) is -3.36. The van der Waals surface area contributed by atoms with Crippen molar-refractivity contribution in [3.05, 3.63) is 36.0 Å². The number of nitrogens with zero attached hydrogens (tertiary/aromatic N) is 2. The molecule has 0 saturated carbocycles. The standard InChI is InChI=1S/C17H20F3N3O2/c1-4-9-24-15-12(17(18,19)20)10-21-16(23-15)22-13-7-5-6-8-14(13)25-11(2)3/h5-8,10-11H,4,9H2,1-3H3,(H,21,22,23). The number of halogens is 3. The summed E-state index contributed by atoms with van der Waals surface area (Å²) in [5.41, 5.74) is -0.449. The van der Waals surface area contributed by atoms with Crippen LogP contribution in [-0.4, -0.2) is 22.7 Å². The maximum absolute atomic E-state index is 13.0. The number of anilines is 2. The number of aromatic nitrogens is 2. The lowest BCUT2D eigenvalue weighted by molar-refractivity contribution is -0.139. The van der Waals surface area contributed by atoms with Gasteiger partial charge in [-0.05, 0) is 32.4 Å². The van der Waals surface area contributed by atoms with Crippen LogP contribution < -0.4 is 14.8 Å². The van der Waals surface area contributed by atoms with Crippen molar-refractivity contribution in [3.8, 4) is 11.6 Å². The van der Waals surface area contributed by atoms with Crippen LogP contribution in [0.25, 0.3) is 0 Å². The van der Waals surface area contributed by atoms with E-state index in [1.54, 1.807) is 31.2 Å². The van der Waals surface area contributed by atoms with E-state index in [1.807, 2.05) is 13.8 Å². The number of nitrogens with one attached hydrogen (secondary N) is 1. The number of alkyl halides is 3. The second kappa shape index (κ2) is 8.04. The molecule has 136 valence electrons. The molecule has 8 heteroatoms. The molecule has 0 amide bonds. The summed E-state index contributed by atoms with van der Waals surface area (Å²) >= 11 is 0. The lowest BCUT2D eigenvalue weighted by Gasteiger charge is -2.16. The van der Waals surface area contributed by atoms with Gasteiger partial charge in [-0.3, -0.25) is 0 Å². The lowest BCUT2D eigenvalue weighted by atomic mass is 10.3. The van der Waals surface area contributed by atoms with Crippen molar-refractivity contribution in [2.75, 3.05) is 11.9 Å². The van der Waals surface area contributed by atoms with Crippen LogP contribution >= 0.6 is 0 Å². The molecule has 0 radical (unpaired) electrons. The highest BCUT2D eigenvalue weighted by Crippen LogP contribution is 2.36. The van der Waals surface area contributed by atoms with E-state index in [4.69, 9.17) is 9.47 Å². The second-order valence-corrected chi connectivity index (χ2v) is 5.55. The molecule has 1 aromatic carbocycles. The highest BCUT2D eigenvalue weighted by atomic mass is 19.4. The predicted molar refractivity (Wildman–Crippen MR) is 88.3 cm³/mol. The van der Waals surface area contributed by atoms with Gasteiger partial charge in [0, 0.05) is 6.20 Å². The Morgan fingerprint density at radius 1 is 1.20 bits per heavy atom. The normalized spacial score (nSPS) is 11.5. The van der Waals surface area contributed by atoms with Crippen molar-refractivity contribution in [2.24, 2.45) is 0 Å². The summed E-state index contributed by atoms with van der Waals surface area (Å²) in [6, 6.07) is 7.05. The number of hydrogen-bond donors (Lipinski definition) is 1. The Morgan fingerprint density at radius 2 is 1.92 bits per heavy atom. The first kappa shape index (κ1) is 18.8. The first-order valence-electron chi connectivity index (χ1n) is 7.91. The molecule has 0 saturated heterocycles. The maximum atomic E-state index is 13.0. The lowest BCUT2D eigenvalue weighted by Crippen LogP contribution is -2.13. The Balaban J connectivity index is 2.31. The highest BCUT2D eigenvalue weighted by Gasteiger charge is 2.36. The van der Waals surface area contributed by atoms with Crippen LogP contribution in [0.15, 0.2) is 30.5 Å². The fourth-order valence-electron chi connectivity index (χ4n) is 1.98. The van der Waals surface area contributed by atoms with Gasteiger partial charge in [0.2, 0.25) is 11.8 Å². The van der Waals surface area contributed by atoms with E-state index in [1.165, 1.54) is 0 Å². The van der Waals surface area contributed by atoms with E-state index in [9.17, 15) is 13.2 Å². The largest absolute Gasteiger partial charge is 0.489 e. The van der Waals surface area contributed by atoms with E-state index in [0.29, 0.717) is 24.1 Å². The Kier molecular flexibility index (Phi) is 6.06. The molecule has 1 aromatic heterocycles. The fourth-order valence-corrected chi connectivity index (χ4v) is 1.98. The summed E-state index contributed by atoms with van der Waals surface area (Å²) < 4.78 is 49.9. The summed E-state index contributed by atoms with van der Waals surface area (Å²) in [6.45, 7) is 5.68. The zero-order valence-electron chi connectivity index (χ0n) is 14.2. The topological polar surface area (TPSA) is 56.3 Å². The van der Waals surface area contributed by atoms with Gasteiger partial charge in [-0.15, -0.1) is 0 Å². The van der Waals surface area contributed by atoms with E-state index in [0.717, 1.165) is 0 Å². The molecule has 0 aliphatic rings. The van der Waals surface area contributed by atoms with Crippen LogP contribution in [-0.2, 0) is 6.18 Å². The molecule has 0 unspecified atom stereocenters. The molecular formula is C17H20F3N3O2. The summed E-state index contributed by atoms with van der Waals surface area (Å²) in [4.78, 5) is 7.62. The number of ether oxygens (including phenoxy) is 2. The van der Waals surface area contributed by atoms with E-state index in [2.05, 4.69) is 15.3 Å². The van der Waals surface area contributed by atoms with Crippen LogP contribution in [0, 0.1) is 0 Å². The van der Waals surface area contributed by atoms with Crippen LogP contribution in [0.1, 0.15) is 32.8 Å². The molecule has 0 atom stereocenters. The Morgan fingerprint density at radius 3 is 2.56 bits per heavy atom. The molecule has 0 bridgehead atoms. The molecule has 25 heavy (non-hydrogen) atoms. The van der Waals surface area contributed by atoms with Crippen LogP contribution in [0.4, 0.5) is 24.8 Å². The van der Waals surface area contributed by atoms with Gasteiger partial charge < -0.3 is 14.8 Å². The van der Waals surface area contributed by atoms with Gasteiger partial charge in [0.05, 0.1) is 18.4 Å². The van der Waals surface area contributed by atoms with E-state index >= 15 is 0 Å². The molecule has 1 heterocycles. The maximum Gasteiger partial charge on any atom is 0.423 e. The Hall–Kier alpha value is -2.51. The van der Waals surface area contributed by atoms with Gasteiger partial charge in [0.15, 0.2) is 0 Å². The molecule has 5 nitrogen and oxygen atoms in total. The summed E-state index contributed by atoms with van der Waals surface area (Å²) in [7, 11) is 0. The minimum Gasteiger partial charge on any atom is -0.489 e. The highest BCUT2D eigenvalue weighted by molar-refractivity contribution is 5.62. The Bertz CT molecular complexity index is 706. The third-order valence-electron chi connectivity index (χ3n) is 3.00. The molecule has 0 aliphatic carbocycles. The predicted octanol–water partition coefficient (Wildman–Crippen LogP) is 4.82. The van der Waals surface area contributed by atoms with Crippen LogP contribution in [0.3, 0.4) is 0 Å². The third-order valence-corrected chi connectivity index (χ3v) is 3.00. The fraction of sp³-hybridized carbons (Fsp3) is 0.412. The molecule has 0 fully saturated rings. The molecule has 2 aromatic rings. The number of benzene rings is 1. The SMILES string of the molecule is CCCOc1nc(Nc2ccccc2OC(C)C)ncc1C(F)(F)F. The van der Waals surface area contributed by atoms with Crippen LogP contribution in [0.5, 0.6) is 11.6 Å². The molecule has 2 rings (SSSR count). The first-order chi connectivity index (χ1) is 11.8. The summed E-state index contributed by atoms with van der Waals surface area (Å²) in [5, 5.41) is 2.88. The summed E-state index contributed by atoms with van der Waals surface area (Å²) in [5.74, 6) is 0.0602. The van der Waals surface area contributed by atoms with Crippen molar-refractivity contribution >= 4 is 11.6 Å². The van der Waals surface area contributed by atoms with Gasteiger partial charge in [-0.1, -0.05) is 19.1 Å². The first-order valence-corrected chi connectivity index (χ1v) is 7.91. The average Bonchev–Trinajstić information content (AvgIpc) is 2.53. The minimum absolute atomic E-state index is 0.00101. The van der Waals surface area contributed by atoms with Crippen LogP contribution in [0.2, 0.25) is 0 Å². The van der Waals surface area contributed by atoms with Gasteiger partial charge in [-0.2, -0.15) is 18.2 Å². The van der Waals surface area contributed by atoms with Gasteiger partial charge in [-0.25, -0.2) is 4.98 Å². The molecule has 0 aliphatic heterocycles. The van der Waals surface area contributed by atoms with Crippen molar-refractivity contribution < 1.29 is 22.6 Å². The molecule has 0 spiro atoms. The third kappa shape index (κ3) is 5.23. The van der Waals surface area contributed by atoms with E-state index in [-0.39, 0.29) is 18.7 Å². The number of hydrogen-bond acceptors (Lipinski definition) is 5. The number of para-hydroxylation sites is 2. The van der Waals surface area contributed by atoms with Crippen molar-refractivity contribution in [2.45, 2.75) is 39.5 Å². The molecular weight excluding hydrogens is 335 g/mol. The smallest absolute Gasteiger partial charge is 0.423 e.